The normalized spacial score (nSPS) is 13.7. The Bertz CT molecular complexity index is 525. The minimum atomic E-state index is 0.534. The summed E-state index contributed by atoms with van der Waals surface area (Å²) >= 11 is 0. The number of nitrogens with zero attached hydrogens (tertiary/aromatic N) is 2. The van der Waals surface area contributed by atoms with Gasteiger partial charge in [0.15, 0.2) is 0 Å². The quantitative estimate of drug-likeness (QED) is 0.704. The molecule has 4 nitrogen and oxygen atoms in total. The van der Waals surface area contributed by atoms with Gasteiger partial charge in [-0.3, -0.25) is 4.98 Å². The highest BCUT2D eigenvalue weighted by molar-refractivity contribution is 5.87. The van der Waals surface area contributed by atoms with Crippen LogP contribution >= 0.6 is 0 Å². The molecule has 0 amide bonds. The van der Waals surface area contributed by atoms with Crippen LogP contribution in [0.2, 0.25) is 0 Å². The number of rotatable bonds is 1. The Kier molecular flexibility index (Phi) is 1.74. The zero-order valence-electron chi connectivity index (χ0n) is 8.36. The molecule has 0 saturated carbocycles. The lowest BCUT2D eigenvalue weighted by Crippen LogP contribution is -1.94. The molecule has 0 bridgehead atoms. The third-order valence-corrected chi connectivity index (χ3v) is 2.58. The second kappa shape index (κ2) is 3.08. The van der Waals surface area contributed by atoms with Gasteiger partial charge in [0.05, 0.1) is 13.7 Å². The molecule has 15 heavy (non-hydrogen) atoms. The van der Waals surface area contributed by atoms with Gasteiger partial charge in [-0.25, -0.2) is 0 Å². The van der Waals surface area contributed by atoms with E-state index in [9.17, 15) is 0 Å². The van der Waals surface area contributed by atoms with Crippen molar-refractivity contribution in [2.45, 2.75) is 6.42 Å². The van der Waals surface area contributed by atoms with E-state index in [1.807, 2.05) is 12.1 Å². The highest BCUT2D eigenvalue weighted by Gasteiger charge is 2.20. The average molecular weight is 202 g/mol. The highest BCUT2D eigenvalue weighted by atomic mass is 16.5. The average Bonchev–Trinajstić information content (AvgIpc) is 2.76. The minimum Gasteiger partial charge on any atom is -0.479 e. The van der Waals surface area contributed by atoms with E-state index in [2.05, 4.69) is 9.97 Å². The van der Waals surface area contributed by atoms with Crippen LogP contribution in [-0.2, 0) is 6.42 Å². The van der Waals surface area contributed by atoms with Crippen molar-refractivity contribution < 1.29 is 9.47 Å². The van der Waals surface area contributed by atoms with Crippen molar-refractivity contribution in [3.63, 3.8) is 0 Å². The summed E-state index contributed by atoms with van der Waals surface area (Å²) in [6.45, 7) is 0.694. The van der Waals surface area contributed by atoms with Crippen molar-refractivity contribution in [1.82, 2.24) is 9.97 Å². The van der Waals surface area contributed by atoms with E-state index < -0.39 is 0 Å². The Morgan fingerprint density at radius 1 is 1.47 bits per heavy atom. The number of ether oxygens (including phenoxy) is 2. The van der Waals surface area contributed by atoms with Gasteiger partial charge in [0.1, 0.15) is 5.52 Å². The standard InChI is InChI=1S/C11H10N2O2/c1-14-11-9-7(3-2-5-12-9)8-4-6-15-10(8)13-11/h2-3,5H,4,6H2,1H3. The molecule has 76 valence electrons. The lowest BCUT2D eigenvalue weighted by molar-refractivity contribution is 0.334. The monoisotopic (exact) mass is 202 g/mol. The molecule has 1 aliphatic heterocycles. The zero-order chi connectivity index (χ0) is 10.3. The van der Waals surface area contributed by atoms with Crippen LogP contribution < -0.4 is 9.47 Å². The second-order valence-corrected chi connectivity index (χ2v) is 3.40. The Morgan fingerprint density at radius 2 is 2.40 bits per heavy atom. The molecular formula is C11H10N2O2. The Balaban J connectivity index is 2.41. The van der Waals surface area contributed by atoms with Crippen LogP contribution in [0.15, 0.2) is 18.3 Å². The summed E-state index contributed by atoms with van der Waals surface area (Å²) in [5.41, 5.74) is 1.95. The summed E-state index contributed by atoms with van der Waals surface area (Å²) in [6, 6.07) is 3.94. The molecule has 4 heteroatoms. The van der Waals surface area contributed by atoms with Crippen LogP contribution in [0.4, 0.5) is 0 Å². The van der Waals surface area contributed by atoms with Crippen molar-refractivity contribution in [3.8, 4) is 11.8 Å². The molecule has 0 saturated heterocycles. The molecule has 0 radical (unpaired) electrons. The van der Waals surface area contributed by atoms with Crippen LogP contribution in [0, 0.1) is 0 Å². The first-order chi connectivity index (χ1) is 7.40. The van der Waals surface area contributed by atoms with Gasteiger partial charge in [-0.1, -0.05) is 6.07 Å². The molecule has 0 fully saturated rings. The number of hydrogen-bond donors (Lipinski definition) is 0. The van der Waals surface area contributed by atoms with Crippen molar-refractivity contribution in [3.05, 3.63) is 23.9 Å². The van der Waals surface area contributed by atoms with E-state index in [-0.39, 0.29) is 0 Å². The SMILES string of the molecule is COc1nc2c(c3cccnc13)CCO2. The fourth-order valence-corrected chi connectivity index (χ4v) is 1.90. The number of methoxy groups -OCH3 is 1. The molecule has 0 aromatic carbocycles. The van der Waals surface area contributed by atoms with Gasteiger partial charge in [0.2, 0.25) is 11.8 Å². The summed E-state index contributed by atoms with van der Waals surface area (Å²) in [5, 5.41) is 1.08. The number of fused-ring (bicyclic) bond motifs is 3. The largest absolute Gasteiger partial charge is 0.479 e. The number of pyridine rings is 2. The lowest BCUT2D eigenvalue weighted by Gasteiger charge is -2.06. The summed E-state index contributed by atoms with van der Waals surface area (Å²) in [4.78, 5) is 8.58. The maximum atomic E-state index is 5.43. The predicted octanol–water partition coefficient (Wildman–Crippen LogP) is 1.57. The molecule has 0 unspecified atom stereocenters. The minimum absolute atomic E-state index is 0.534. The second-order valence-electron chi connectivity index (χ2n) is 3.40. The van der Waals surface area contributed by atoms with Crippen molar-refractivity contribution in [1.29, 1.82) is 0 Å². The molecule has 0 aliphatic carbocycles. The third-order valence-electron chi connectivity index (χ3n) is 2.58. The van der Waals surface area contributed by atoms with Crippen LogP contribution in [0.3, 0.4) is 0 Å². The van der Waals surface area contributed by atoms with Crippen LogP contribution in [-0.4, -0.2) is 23.7 Å². The Hall–Kier alpha value is -1.84. The summed E-state index contributed by atoms with van der Waals surface area (Å²) in [6.07, 6.45) is 2.64. The Morgan fingerprint density at radius 3 is 3.27 bits per heavy atom. The zero-order valence-corrected chi connectivity index (χ0v) is 8.36. The van der Waals surface area contributed by atoms with Gasteiger partial charge in [-0.05, 0) is 6.07 Å². The fraction of sp³-hybridized carbons (Fsp3) is 0.273. The molecule has 2 aromatic rings. The van der Waals surface area contributed by atoms with Crippen LogP contribution in [0.1, 0.15) is 5.56 Å². The first-order valence-electron chi connectivity index (χ1n) is 4.84. The summed E-state index contributed by atoms with van der Waals surface area (Å²) < 4.78 is 10.6. The maximum Gasteiger partial charge on any atom is 0.243 e. The highest BCUT2D eigenvalue weighted by Crippen LogP contribution is 2.34. The molecule has 2 aromatic heterocycles. The van der Waals surface area contributed by atoms with Crippen molar-refractivity contribution in [2.24, 2.45) is 0 Å². The number of hydrogen-bond acceptors (Lipinski definition) is 4. The van der Waals surface area contributed by atoms with Gasteiger partial charge in [0.25, 0.3) is 0 Å². The molecule has 0 N–H and O–H groups in total. The maximum absolute atomic E-state index is 5.43. The first-order valence-corrected chi connectivity index (χ1v) is 4.84. The van der Waals surface area contributed by atoms with E-state index >= 15 is 0 Å². The van der Waals surface area contributed by atoms with E-state index in [4.69, 9.17) is 9.47 Å². The molecule has 0 spiro atoms. The van der Waals surface area contributed by atoms with Gasteiger partial charge >= 0.3 is 0 Å². The van der Waals surface area contributed by atoms with E-state index in [1.54, 1.807) is 13.3 Å². The third kappa shape index (κ3) is 1.14. The van der Waals surface area contributed by atoms with E-state index in [1.165, 1.54) is 0 Å². The first kappa shape index (κ1) is 8.47. The topological polar surface area (TPSA) is 44.2 Å². The van der Waals surface area contributed by atoms with Crippen LogP contribution in [0.5, 0.6) is 11.8 Å². The van der Waals surface area contributed by atoms with E-state index in [0.29, 0.717) is 18.4 Å². The summed E-state index contributed by atoms with van der Waals surface area (Å²) in [7, 11) is 1.60. The lowest BCUT2D eigenvalue weighted by atomic mass is 10.1. The summed E-state index contributed by atoms with van der Waals surface area (Å²) in [5.74, 6) is 1.22. The molecular weight excluding hydrogens is 192 g/mol. The van der Waals surface area contributed by atoms with Gasteiger partial charge in [-0.15, -0.1) is 0 Å². The fourth-order valence-electron chi connectivity index (χ4n) is 1.90. The van der Waals surface area contributed by atoms with Crippen molar-refractivity contribution in [2.75, 3.05) is 13.7 Å². The smallest absolute Gasteiger partial charge is 0.243 e. The Labute approximate surface area is 86.9 Å². The van der Waals surface area contributed by atoms with E-state index in [0.717, 1.165) is 22.9 Å². The molecule has 3 rings (SSSR count). The van der Waals surface area contributed by atoms with Gasteiger partial charge < -0.3 is 9.47 Å². The van der Waals surface area contributed by atoms with Crippen LogP contribution in [0.25, 0.3) is 10.9 Å². The van der Waals surface area contributed by atoms with Crippen molar-refractivity contribution >= 4 is 10.9 Å². The van der Waals surface area contributed by atoms with Gasteiger partial charge in [-0.2, -0.15) is 4.98 Å². The predicted molar refractivity (Wildman–Crippen MR) is 55.3 cm³/mol. The number of aromatic nitrogens is 2. The molecule has 0 atom stereocenters. The molecule has 3 heterocycles. The van der Waals surface area contributed by atoms with Gasteiger partial charge in [0, 0.05) is 23.6 Å². The molecule has 1 aliphatic rings.